The van der Waals surface area contributed by atoms with E-state index < -0.39 is 0 Å². The van der Waals surface area contributed by atoms with E-state index in [1.165, 1.54) is 0 Å². The summed E-state index contributed by atoms with van der Waals surface area (Å²) in [4.78, 5) is 13.6. The number of anilines is 1. The van der Waals surface area contributed by atoms with Crippen LogP contribution in [0.15, 0.2) is 12.1 Å². The molecule has 0 unspecified atom stereocenters. The van der Waals surface area contributed by atoms with Gasteiger partial charge >= 0.3 is 0 Å². The largest absolute Gasteiger partial charge is 0.357 e. The lowest BCUT2D eigenvalue weighted by molar-refractivity contribution is -0.132. The van der Waals surface area contributed by atoms with Gasteiger partial charge in [0.15, 0.2) is 0 Å². The highest BCUT2D eigenvalue weighted by Crippen LogP contribution is 2.14. The number of nitrogens with zero attached hydrogens (tertiary/aromatic N) is 3. The smallest absolute Gasteiger partial charge is 0.244 e. The lowest BCUT2D eigenvalue weighted by atomic mass is 10.1. The second-order valence-corrected chi connectivity index (χ2v) is 4.95. The minimum atomic E-state index is -0.159. The molecule has 1 N–H and O–H groups in total. The lowest BCUT2D eigenvalue weighted by Crippen LogP contribution is -2.45. The summed E-state index contributed by atoms with van der Waals surface area (Å²) >= 11 is 2.10. The molecule has 1 aliphatic rings. The minimum absolute atomic E-state index is 0.131. The zero-order chi connectivity index (χ0) is 11.5. The molecule has 1 saturated heterocycles. The van der Waals surface area contributed by atoms with Crippen molar-refractivity contribution in [1.29, 1.82) is 0 Å². The van der Waals surface area contributed by atoms with E-state index in [-0.39, 0.29) is 11.9 Å². The van der Waals surface area contributed by atoms with E-state index in [9.17, 15) is 4.79 Å². The van der Waals surface area contributed by atoms with Crippen molar-refractivity contribution in [3.05, 3.63) is 15.8 Å². The quantitative estimate of drug-likeness (QED) is 0.825. The van der Waals surface area contributed by atoms with E-state index in [0.717, 1.165) is 23.1 Å². The molecule has 1 aliphatic heterocycles. The zero-order valence-electron chi connectivity index (χ0n) is 8.98. The number of rotatable bonds is 2. The van der Waals surface area contributed by atoms with Crippen LogP contribution in [0.5, 0.6) is 0 Å². The van der Waals surface area contributed by atoms with Crippen molar-refractivity contribution in [2.24, 2.45) is 0 Å². The first-order valence-corrected chi connectivity index (χ1v) is 6.25. The van der Waals surface area contributed by atoms with Crippen molar-refractivity contribution >= 4 is 34.3 Å². The average molecular weight is 332 g/mol. The Hall–Kier alpha value is -0.920. The molecule has 0 spiro atoms. The Morgan fingerprint density at radius 1 is 1.50 bits per heavy atom. The number of hydrogen-bond donors (Lipinski definition) is 1. The Labute approximate surface area is 108 Å². The van der Waals surface area contributed by atoms with Crippen molar-refractivity contribution in [1.82, 2.24) is 15.1 Å². The Kier molecular flexibility index (Phi) is 3.57. The van der Waals surface area contributed by atoms with Crippen molar-refractivity contribution in [3.8, 4) is 0 Å². The van der Waals surface area contributed by atoms with Crippen LogP contribution in [0, 0.1) is 3.70 Å². The molecule has 1 atom stereocenters. The van der Waals surface area contributed by atoms with Crippen LogP contribution in [0.3, 0.4) is 0 Å². The van der Waals surface area contributed by atoms with Crippen molar-refractivity contribution in [3.63, 3.8) is 0 Å². The van der Waals surface area contributed by atoms with Crippen molar-refractivity contribution in [2.75, 3.05) is 18.9 Å². The van der Waals surface area contributed by atoms with Gasteiger partial charge in [0.25, 0.3) is 0 Å². The van der Waals surface area contributed by atoms with Gasteiger partial charge in [0.1, 0.15) is 15.6 Å². The van der Waals surface area contributed by atoms with Crippen LogP contribution in [0.1, 0.15) is 12.8 Å². The zero-order valence-corrected chi connectivity index (χ0v) is 11.1. The van der Waals surface area contributed by atoms with Crippen LogP contribution >= 0.6 is 22.6 Å². The van der Waals surface area contributed by atoms with Gasteiger partial charge in [-0.05, 0) is 47.6 Å². The van der Waals surface area contributed by atoms with Crippen LogP contribution in [0.2, 0.25) is 0 Å². The summed E-state index contributed by atoms with van der Waals surface area (Å²) in [7, 11) is 1.83. The molecule has 0 bridgehead atoms. The third-order valence-corrected chi connectivity index (χ3v) is 3.19. The molecule has 0 aliphatic carbocycles. The summed E-state index contributed by atoms with van der Waals surface area (Å²) in [6, 6.07) is 3.55. The highest BCUT2D eigenvalue weighted by Gasteiger charge is 2.26. The summed E-state index contributed by atoms with van der Waals surface area (Å²) in [5, 5.41) is 11.1. The summed E-state index contributed by atoms with van der Waals surface area (Å²) in [6.45, 7) is 0.843. The Morgan fingerprint density at radius 2 is 2.31 bits per heavy atom. The molecular weight excluding hydrogens is 319 g/mol. The van der Waals surface area contributed by atoms with E-state index >= 15 is 0 Å². The number of likely N-dealkylation sites (tertiary alicyclic amines) is 1. The molecule has 0 aromatic carbocycles. The number of carbonyl (C=O) groups excluding carboxylic acids is 1. The molecule has 86 valence electrons. The van der Waals surface area contributed by atoms with Crippen molar-refractivity contribution < 1.29 is 4.79 Å². The number of hydrogen-bond acceptors (Lipinski definition) is 4. The van der Waals surface area contributed by atoms with E-state index in [0.29, 0.717) is 5.82 Å². The first-order valence-electron chi connectivity index (χ1n) is 5.17. The standard InChI is InChI=1S/C10H13IN4O/c1-15-6-2-3-7(10(15)16)12-9-5-4-8(11)13-14-9/h4-5,7H,2-3,6H2,1H3,(H,12,14)/t7-/m1/s1. The third kappa shape index (κ3) is 2.60. The van der Waals surface area contributed by atoms with E-state index in [4.69, 9.17) is 0 Å². The fourth-order valence-electron chi connectivity index (χ4n) is 1.74. The second kappa shape index (κ2) is 4.94. The highest BCUT2D eigenvalue weighted by atomic mass is 127. The van der Waals surface area contributed by atoms with E-state index in [1.807, 2.05) is 19.2 Å². The summed E-state index contributed by atoms with van der Waals surface area (Å²) < 4.78 is 0.843. The maximum atomic E-state index is 11.8. The summed E-state index contributed by atoms with van der Waals surface area (Å²) in [6.07, 6.45) is 1.88. The number of piperidine rings is 1. The lowest BCUT2D eigenvalue weighted by Gasteiger charge is -2.29. The van der Waals surface area contributed by atoms with Gasteiger partial charge in [-0.15, -0.1) is 10.2 Å². The molecule has 0 saturated carbocycles. The van der Waals surface area contributed by atoms with Crippen LogP contribution in [-0.2, 0) is 4.79 Å². The molecular formula is C10H13IN4O. The third-order valence-electron chi connectivity index (χ3n) is 2.61. The van der Waals surface area contributed by atoms with Gasteiger partial charge in [0, 0.05) is 13.6 Å². The van der Waals surface area contributed by atoms with Gasteiger partial charge in [-0.25, -0.2) is 0 Å². The van der Waals surface area contributed by atoms with Crippen LogP contribution in [-0.4, -0.2) is 40.6 Å². The maximum Gasteiger partial charge on any atom is 0.244 e. The van der Waals surface area contributed by atoms with E-state index in [2.05, 4.69) is 38.1 Å². The van der Waals surface area contributed by atoms with Crippen LogP contribution in [0.4, 0.5) is 5.82 Å². The van der Waals surface area contributed by atoms with Gasteiger partial charge in [-0.2, -0.15) is 0 Å². The predicted octanol–water partition coefficient (Wildman–Crippen LogP) is 1.11. The topological polar surface area (TPSA) is 58.1 Å². The SMILES string of the molecule is CN1CCC[C@@H](Nc2ccc(I)nn2)C1=O. The number of aromatic nitrogens is 2. The molecule has 6 heteroatoms. The van der Waals surface area contributed by atoms with Crippen LogP contribution < -0.4 is 5.32 Å². The Morgan fingerprint density at radius 3 is 3.00 bits per heavy atom. The molecule has 2 rings (SSSR count). The number of carbonyl (C=O) groups is 1. The minimum Gasteiger partial charge on any atom is -0.357 e. The normalized spacial score (nSPS) is 21.0. The maximum absolute atomic E-state index is 11.8. The molecule has 1 amide bonds. The van der Waals surface area contributed by atoms with Crippen molar-refractivity contribution in [2.45, 2.75) is 18.9 Å². The fraction of sp³-hybridized carbons (Fsp3) is 0.500. The Balaban J connectivity index is 2.03. The summed E-state index contributed by atoms with van der Waals surface area (Å²) in [5.74, 6) is 0.792. The highest BCUT2D eigenvalue weighted by molar-refractivity contribution is 14.1. The number of halogens is 1. The first kappa shape index (κ1) is 11.6. The molecule has 5 nitrogen and oxygen atoms in total. The van der Waals surface area contributed by atoms with Gasteiger partial charge in [-0.1, -0.05) is 0 Å². The Bertz CT molecular complexity index is 381. The molecule has 1 aromatic heterocycles. The fourth-order valence-corrected chi connectivity index (χ4v) is 2.03. The van der Waals surface area contributed by atoms with Gasteiger partial charge in [-0.3, -0.25) is 4.79 Å². The molecule has 2 heterocycles. The molecule has 0 radical (unpaired) electrons. The summed E-state index contributed by atoms with van der Waals surface area (Å²) in [5.41, 5.74) is 0. The molecule has 16 heavy (non-hydrogen) atoms. The second-order valence-electron chi connectivity index (χ2n) is 3.84. The number of nitrogens with one attached hydrogen (secondary N) is 1. The van der Waals surface area contributed by atoms with E-state index in [1.54, 1.807) is 4.90 Å². The number of likely N-dealkylation sites (N-methyl/N-ethyl adjacent to an activating group) is 1. The average Bonchev–Trinajstić information content (AvgIpc) is 2.28. The van der Waals surface area contributed by atoms with Gasteiger partial charge in [0.05, 0.1) is 0 Å². The number of amides is 1. The molecule has 1 fully saturated rings. The van der Waals surface area contributed by atoms with Gasteiger partial charge < -0.3 is 10.2 Å². The first-order chi connectivity index (χ1) is 7.66. The molecule has 1 aromatic rings. The van der Waals surface area contributed by atoms with Gasteiger partial charge in [0.2, 0.25) is 5.91 Å². The monoisotopic (exact) mass is 332 g/mol. The predicted molar refractivity (Wildman–Crippen MR) is 69.0 cm³/mol. The van der Waals surface area contributed by atoms with Crippen LogP contribution in [0.25, 0.3) is 0 Å².